The fourth-order valence-corrected chi connectivity index (χ4v) is 1.63. The maximum atomic E-state index is 5.99. The average Bonchev–Trinajstić information content (AvgIpc) is 2.14. The van der Waals surface area contributed by atoms with Gasteiger partial charge in [0, 0.05) is 6.04 Å². The zero-order valence-electron chi connectivity index (χ0n) is 8.59. The molecule has 78 valence electrons. The highest BCUT2D eigenvalue weighted by Gasteiger charge is 2.07. The molecule has 0 spiro atoms. The Bertz CT molecular complexity index is 299. The van der Waals surface area contributed by atoms with E-state index >= 15 is 0 Å². The molecule has 0 saturated heterocycles. The third-order valence-corrected chi connectivity index (χ3v) is 2.42. The van der Waals surface area contributed by atoms with Crippen molar-refractivity contribution in [3.05, 3.63) is 28.8 Å². The number of para-hydroxylation sites is 1. The predicted octanol–water partition coefficient (Wildman–Crippen LogP) is 2.63. The van der Waals surface area contributed by atoms with Crippen molar-refractivity contribution in [1.29, 1.82) is 0 Å². The summed E-state index contributed by atoms with van der Waals surface area (Å²) in [4.78, 5) is 0. The van der Waals surface area contributed by atoms with Gasteiger partial charge in [-0.25, -0.2) is 0 Å². The Labute approximate surface area is 90.0 Å². The first-order valence-electron chi connectivity index (χ1n) is 4.72. The minimum Gasteiger partial charge on any atom is -0.495 e. The lowest BCUT2D eigenvalue weighted by Crippen LogP contribution is -2.15. The van der Waals surface area contributed by atoms with Crippen LogP contribution in [0.2, 0.25) is 5.02 Å². The Balaban J connectivity index is 2.80. The van der Waals surface area contributed by atoms with Crippen LogP contribution in [0.5, 0.6) is 5.75 Å². The van der Waals surface area contributed by atoms with Gasteiger partial charge < -0.3 is 10.5 Å². The third-order valence-electron chi connectivity index (χ3n) is 2.12. The maximum Gasteiger partial charge on any atom is 0.140 e. The Morgan fingerprint density at radius 1 is 1.50 bits per heavy atom. The number of ether oxygens (including phenoxy) is 1. The first kappa shape index (κ1) is 11.3. The number of hydrogen-bond donors (Lipinski definition) is 1. The van der Waals surface area contributed by atoms with Crippen LogP contribution in [-0.2, 0) is 6.42 Å². The largest absolute Gasteiger partial charge is 0.495 e. The molecule has 1 aromatic carbocycles. The quantitative estimate of drug-likeness (QED) is 0.835. The third kappa shape index (κ3) is 2.89. The molecule has 0 unspecified atom stereocenters. The van der Waals surface area contributed by atoms with E-state index in [1.165, 1.54) is 0 Å². The van der Waals surface area contributed by atoms with Crippen molar-refractivity contribution in [2.24, 2.45) is 5.73 Å². The van der Waals surface area contributed by atoms with Crippen molar-refractivity contribution in [2.75, 3.05) is 7.11 Å². The summed E-state index contributed by atoms with van der Waals surface area (Å²) in [6.07, 6.45) is 1.85. The molecule has 1 rings (SSSR count). The van der Waals surface area contributed by atoms with Gasteiger partial charge in [0.05, 0.1) is 12.1 Å². The summed E-state index contributed by atoms with van der Waals surface area (Å²) in [6.45, 7) is 2.00. The minimum atomic E-state index is 0.207. The van der Waals surface area contributed by atoms with Gasteiger partial charge in [-0.05, 0) is 31.4 Å². The molecule has 0 aliphatic rings. The topological polar surface area (TPSA) is 35.2 Å². The van der Waals surface area contributed by atoms with Crippen LogP contribution in [0.4, 0.5) is 0 Å². The summed E-state index contributed by atoms with van der Waals surface area (Å²) in [5.74, 6) is 0.773. The lowest BCUT2D eigenvalue weighted by Gasteiger charge is -2.10. The van der Waals surface area contributed by atoms with Crippen LogP contribution in [0.25, 0.3) is 0 Å². The number of halogens is 1. The van der Waals surface area contributed by atoms with Crippen LogP contribution in [-0.4, -0.2) is 13.2 Å². The minimum absolute atomic E-state index is 0.207. The Morgan fingerprint density at radius 3 is 2.79 bits per heavy atom. The molecule has 0 amide bonds. The molecule has 0 aliphatic carbocycles. The molecule has 0 saturated carbocycles. The van der Waals surface area contributed by atoms with Crippen molar-refractivity contribution < 1.29 is 4.74 Å². The summed E-state index contributed by atoms with van der Waals surface area (Å²) in [5, 5.41) is 0.662. The number of rotatable bonds is 4. The summed E-state index contributed by atoms with van der Waals surface area (Å²) in [6, 6.07) is 5.99. The van der Waals surface area contributed by atoms with E-state index in [1.54, 1.807) is 7.11 Å². The molecule has 0 heterocycles. The summed E-state index contributed by atoms with van der Waals surface area (Å²) < 4.78 is 5.24. The molecule has 0 fully saturated rings. The highest BCUT2D eigenvalue weighted by Crippen LogP contribution is 2.29. The van der Waals surface area contributed by atoms with Crippen molar-refractivity contribution in [3.63, 3.8) is 0 Å². The first-order chi connectivity index (χ1) is 6.65. The summed E-state index contributed by atoms with van der Waals surface area (Å²) in [7, 11) is 1.64. The molecule has 1 atom stereocenters. The van der Waals surface area contributed by atoms with Gasteiger partial charge in [0.25, 0.3) is 0 Å². The van der Waals surface area contributed by atoms with Gasteiger partial charge in [-0.15, -0.1) is 0 Å². The lowest BCUT2D eigenvalue weighted by molar-refractivity contribution is 0.409. The molecular formula is C11H16ClNO. The standard InChI is InChI=1S/C11H16ClNO/c1-8(13)6-7-9-4-3-5-10(12)11(9)14-2/h3-5,8H,6-7,13H2,1-2H3/t8-/m0/s1. The van der Waals surface area contributed by atoms with Crippen molar-refractivity contribution in [1.82, 2.24) is 0 Å². The van der Waals surface area contributed by atoms with E-state index in [0.717, 1.165) is 24.2 Å². The van der Waals surface area contributed by atoms with Gasteiger partial charge in [0.2, 0.25) is 0 Å². The van der Waals surface area contributed by atoms with E-state index in [9.17, 15) is 0 Å². The monoisotopic (exact) mass is 213 g/mol. The van der Waals surface area contributed by atoms with Crippen LogP contribution < -0.4 is 10.5 Å². The molecule has 14 heavy (non-hydrogen) atoms. The molecule has 3 heteroatoms. The maximum absolute atomic E-state index is 5.99. The summed E-state index contributed by atoms with van der Waals surface area (Å²) >= 11 is 5.99. The fraction of sp³-hybridized carbons (Fsp3) is 0.455. The fourth-order valence-electron chi connectivity index (χ4n) is 1.36. The molecule has 2 N–H and O–H groups in total. The van der Waals surface area contributed by atoms with E-state index in [2.05, 4.69) is 0 Å². The second-order valence-electron chi connectivity index (χ2n) is 3.45. The van der Waals surface area contributed by atoms with Gasteiger partial charge in [-0.2, -0.15) is 0 Å². The van der Waals surface area contributed by atoms with Gasteiger partial charge in [0.15, 0.2) is 0 Å². The molecule has 2 nitrogen and oxygen atoms in total. The Morgan fingerprint density at radius 2 is 2.21 bits per heavy atom. The van der Waals surface area contributed by atoms with Crippen molar-refractivity contribution in [2.45, 2.75) is 25.8 Å². The van der Waals surface area contributed by atoms with Gasteiger partial charge in [0.1, 0.15) is 5.75 Å². The van der Waals surface area contributed by atoms with E-state index in [1.807, 2.05) is 25.1 Å². The predicted molar refractivity (Wildman–Crippen MR) is 60.0 cm³/mol. The highest BCUT2D eigenvalue weighted by atomic mass is 35.5. The molecule has 1 aromatic rings. The Kier molecular flexibility index (Phi) is 4.23. The zero-order chi connectivity index (χ0) is 10.6. The van der Waals surface area contributed by atoms with E-state index in [4.69, 9.17) is 22.1 Å². The van der Waals surface area contributed by atoms with Gasteiger partial charge in [-0.1, -0.05) is 23.7 Å². The molecule has 0 aliphatic heterocycles. The van der Waals surface area contributed by atoms with E-state index in [0.29, 0.717) is 5.02 Å². The summed E-state index contributed by atoms with van der Waals surface area (Å²) in [5.41, 5.74) is 6.82. The second-order valence-corrected chi connectivity index (χ2v) is 3.86. The smallest absolute Gasteiger partial charge is 0.140 e. The van der Waals surface area contributed by atoms with Crippen LogP contribution >= 0.6 is 11.6 Å². The average molecular weight is 214 g/mol. The zero-order valence-corrected chi connectivity index (χ0v) is 9.34. The second kappa shape index (κ2) is 5.23. The van der Waals surface area contributed by atoms with Crippen LogP contribution in [0.1, 0.15) is 18.9 Å². The van der Waals surface area contributed by atoms with Gasteiger partial charge in [-0.3, -0.25) is 0 Å². The number of benzene rings is 1. The SMILES string of the molecule is COc1c(Cl)cccc1CC[C@H](C)N. The van der Waals surface area contributed by atoms with E-state index < -0.39 is 0 Å². The number of hydrogen-bond acceptors (Lipinski definition) is 2. The number of nitrogens with two attached hydrogens (primary N) is 1. The van der Waals surface area contributed by atoms with Crippen molar-refractivity contribution >= 4 is 11.6 Å². The normalized spacial score (nSPS) is 12.6. The first-order valence-corrected chi connectivity index (χ1v) is 5.10. The van der Waals surface area contributed by atoms with Gasteiger partial charge >= 0.3 is 0 Å². The number of methoxy groups -OCH3 is 1. The Hall–Kier alpha value is -0.730. The van der Waals surface area contributed by atoms with Crippen LogP contribution in [0.15, 0.2) is 18.2 Å². The van der Waals surface area contributed by atoms with Crippen LogP contribution in [0.3, 0.4) is 0 Å². The molecule has 0 radical (unpaired) electrons. The van der Waals surface area contributed by atoms with Crippen LogP contribution in [0, 0.1) is 0 Å². The molecular weight excluding hydrogens is 198 g/mol. The number of aryl methyl sites for hydroxylation is 1. The van der Waals surface area contributed by atoms with E-state index in [-0.39, 0.29) is 6.04 Å². The lowest BCUT2D eigenvalue weighted by atomic mass is 10.1. The van der Waals surface area contributed by atoms with Crippen molar-refractivity contribution in [3.8, 4) is 5.75 Å². The molecule has 0 aromatic heterocycles. The highest BCUT2D eigenvalue weighted by molar-refractivity contribution is 6.32. The molecule has 0 bridgehead atoms.